The van der Waals surface area contributed by atoms with E-state index in [1.165, 1.54) is 37.1 Å². The Kier molecular flexibility index (Phi) is 5.74. The van der Waals surface area contributed by atoms with Gasteiger partial charge in [0, 0.05) is 45.3 Å². The Balaban J connectivity index is 1.44. The second-order valence-electron chi connectivity index (χ2n) is 7.17. The molecule has 24 heavy (non-hydrogen) atoms. The molecule has 2 amide bonds. The smallest absolute Gasteiger partial charge is 0.317 e. The molecule has 2 saturated heterocycles. The van der Waals surface area contributed by atoms with Crippen LogP contribution in [-0.2, 0) is 6.54 Å². The number of nitrogens with zero attached hydrogens (tertiary/aromatic N) is 3. The van der Waals surface area contributed by atoms with Gasteiger partial charge in [0.05, 0.1) is 0 Å². The molecule has 1 N–H and O–H groups in total. The van der Waals surface area contributed by atoms with Crippen LogP contribution < -0.4 is 5.32 Å². The van der Waals surface area contributed by atoms with Gasteiger partial charge in [-0.3, -0.25) is 4.90 Å². The summed E-state index contributed by atoms with van der Waals surface area (Å²) in [6.07, 6.45) is 2.59. The average Bonchev–Trinajstić information content (AvgIpc) is 2.61. The predicted molar refractivity (Wildman–Crippen MR) is 97.1 cm³/mol. The summed E-state index contributed by atoms with van der Waals surface area (Å²) in [4.78, 5) is 19.4. The van der Waals surface area contributed by atoms with Crippen LogP contribution >= 0.6 is 0 Å². The highest BCUT2D eigenvalue weighted by atomic mass is 16.2. The lowest BCUT2D eigenvalue weighted by molar-refractivity contribution is 0.0693. The third-order valence-corrected chi connectivity index (χ3v) is 5.41. The normalized spacial score (nSPS) is 23.2. The van der Waals surface area contributed by atoms with Crippen LogP contribution in [0.2, 0.25) is 0 Å². The monoisotopic (exact) mass is 330 g/mol. The average molecular weight is 330 g/mol. The van der Waals surface area contributed by atoms with Crippen LogP contribution in [0.1, 0.15) is 24.0 Å². The molecule has 5 nitrogen and oxygen atoms in total. The van der Waals surface area contributed by atoms with E-state index in [0.717, 1.165) is 26.2 Å². The highest BCUT2D eigenvalue weighted by molar-refractivity contribution is 5.74. The minimum absolute atomic E-state index is 0.0682. The maximum absolute atomic E-state index is 12.4. The minimum Gasteiger partial charge on any atom is -0.334 e. The lowest BCUT2D eigenvalue weighted by atomic mass is 10.0. The number of carbonyl (C=O) groups excluding carboxylic acids is 1. The lowest BCUT2D eigenvalue weighted by Crippen LogP contribution is -2.56. The van der Waals surface area contributed by atoms with Gasteiger partial charge < -0.3 is 15.1 Å². The summed E-state index contributed by atoms with van der Waals surface area (Å²) in [5, 5.41) is 3.07. The first kappa shape index (κ1) is 17.2. The van der Waals surface area contributed by atoms with Gasteiger partial charge in [-0.1, -0.05) is 24.3 Å². The first-order chi connectivity index (χ1) is 11.6. The number of likely N-dealkylation sites (tertiary alicyclic amines) is 1. The molecule has 3 rings (SSSR count). The summed E-state index contributed by atoms with van der Waals surface area (Å²) in [6, 6.07) is 8.95. The molecule has 2 aliphatic rings. The van der Waals surface area contributed by atoms with Crippen molar-refractivity contribution in [3.05, 3.63) is 35.4 Å². The molecule has 2 heterocycles. The Labute approximate surface area is 145 Å². The van der Waals surface area contributed by atoms with Crippen molar-refractivity contribution in [1.82, 2.24) is 20.0 Å². The number of nitrogens with one attached hydrogen (secondary N) is 1. The molecule has 2 aliphatic heterocycles. The summed E-state index contributed by atoms with van der Waals surface area (Å²) in [6.45, 7) is 8.74. The van der Waals surface area contributed by atoms with Crippen molar-refractivity contribution >= 4 is 6.03 Å². The van der Waals surface area contributed by atoms with E-state index in [1.54, 1.807) is 0 Å². The van der Waals surface area contributed by atoms with E-state index in [2.05, 4.69) is 41.2 Å². The number of aryl methyl sites for hydroxylation is 1. The van der Waals surface area contributed by atoms with Gasteiger partial charge in [0.1, 0.15) is 0 Å². The molecule has 1 aromatic rings. The van der Waals surface area contributed by atoms with Gasteiger partial charge in [-0.15, -0.1) is 0 Å². The van der Waals surface area contributed by atoms with Gasteiger partial charge in [0.15, 0.2) is 0 Å². The fourth-order valence-electron chi connectivity index (χ4n) is 3.82. The largest absolute Gasteiger partial charge is 0.334 e. The van der Waals surface area contributed by atoms with Crippen molar-refractivity contribution < 1.29 is 4.79 Å². The number of likely N-dealkylation sites (N-methyl/N-ethyl adjacent to an activating group) is 1. The molecule has 132 valence electrons. The van der Waals surface area contributed by atoms with Crippen LogP contribution in [0.15, 0.2) is 24.3 Å². The number of benzene rings is 1. The van der Waals surface area contributed by atoms with Gasteiger partial charge in [0.2, 0.25) is 0 Å². The maximum atomic E-state index is 12.4. The second kappa shape index (κ2) is 7.99. The van der Waals surface area contributed by atoms with E-state index in [-0.39, 0.29) is 6.03 Å². The topological polar surface area (TPSA) is 38.8 Å². The SMILES string of the molecule is Cc1ccccc1CNC(=O)N1CCN(C2CCCN(C)C2)CC1. The molecule has 1 aromatic carbocycles. The van der Waals surface area contributed by atoms with Crippen molar-refractivity contribution in [3.8, 4) is 0 Å². The van der Waals surface area contributed by atoms with Crippen LogP contribution in [0.4, 0.5) is 4.79 Å². The van der Waals surface area contributed by atoms with Crippen molar-refractivity contribution in [2.45, 2.75) is 32.4 Å². The van der Waals surface area contributed by atoms with Gasteiger partial charge in [-0.05, 0) is 44.5 Å². The van der Waals surface area contributed by atoms with Gasteiger partial charge >= 0.3 is 6.03 Å². The van der Waals surface area contributed by atoms with Crippen LogP contribution in [0, 0.1) is 6.92 Å². The highest BCUT2D eigenvalue weighted by Gasteiger charge is 2.28. The Bertz CT molecular complexity index is 554. The molecule has 2 fully saturated rings. The van der Waals surface area contributed by atoms with E-state index in [4.69, 9.17) is 0 Å². The molecule has 0 spiro atoms. The fraction of sp³-hybridized carbons (Fsp3) is 0.632. The van der Waals surface area contributed by atoms with Crippen molar-refractivity contribution in [3.63, 3.8) is 0 Å². The standard InChI is InChI=1S/C19H30N4O/c1-16-6-3-4-7-17(16)14-20-19(24)23-12-10-22(11-13-23)18-8-5-9-21(2)15-18/h3-4,6-7,18H,5,8-15H2,1-2H3,(H,20,24). The van der Waals surface area contributed by atoms with E-state index < -0.39 is 0 Å². The Hall–Kier alpha value is -1.59. The molecule has 5 heteroatoms. The number of hydrogen-bond donors (Lipinski definition) is 1. The van der Waals surface area contributed by atoms with Gasteiger partial charge in [-0.2, -0.15) is 0 Å². The third kappa shape index (κ3) is 4.28. The zero-order valence-electron chi connectivity index (χ0n) is 15.0. The van der Waals surface area contributed by atoms with Crippen molar-refractivity contribution in [1.29, 1.82) is 0 Å². The summed E-state index contributed by atoms with van der Waals surface area (Å²) in [5.41, 5.74) is 2.42. The maximum Gasteiger partial charge on any atom is 0.317 e. The van der Waals surface area contributed by atoms with Crippen molar-refractivity contribution in [2.24, 2.45) is 0 Å². The second-order valence-corrected chi connectivity index (χ2v) is 7.17. The molecule has 0 saturated carbocycles. The van der Waals surface area contributed by atoms with Crippen LogP contribution in [0.5, 0.6) is 0 Å². The number of urea groups is 1. The number of rotatable bonds is 3. The van der Waals surface area contributed by atoms with Crippen LogP contribution in [-0.4, -0.2) is 73.1 Å². The number of piperazine rings is 1. The Morgan fingerprint density at radius 3 is 2.62 bits per heavy atom. The number of hydrogen-bond acceptors (Lipinski definition) is 3. The summed E-state index contributed by atoms with van der Waals surface area (Å²) >= 11 is 0. The molecule has 0 bridgehead atoms. The van der Waals surface area contributed by atoms with Crippen molar-refractivity contribution in [2.75, 3.05) is 46.3 Å². The first-order valence-corrected chi connectivity index (χ1v) is 9.13. The van der Waals surface area contributed by atoms with Gasteiger partial charge in [0.25, 0.3) is 0 Å². The Morgan fingerprint density at radius 1 is 1.17 bits per heavy atom. The summed E-state index contributed by atoms with van der Waals surface area (Å²) in [5.74, 6) is 0. The van der Waals surface area contributed by atoms with Crippen LogP contribution in [0.3, 0.4) is 0 Å². The third-order valence-electron chi connectivity index (χ3n) is 5.41. The quantitative estimate of drug-likeness (QED) is 0.920. The van der Waals surface area contributed by atoms with E-state index >= 15 is 0 Å². The zero-order valence-corrected chi connectivity index (χ0v) is 15.0. The minimum atomic E-state index is 0.0682. The summed E-state index contributed by atoms with van der Waals surface area (Å²) in [7, 11) is 2.21. The molecule has 1 unspecified atom stereocenters. The molecule has 0 aromatic heterocycles. The molecule has 0 radical (unpaired) electrons. The zero-order chi connectivity index (χ0) is 16.9. The lowest BCUT2D eigenvalue weighted by Gasteiger charge is -2.42. The highest BCUT2D eigenvalue weighted by Crippen LogP contribution is 2.16. The number of amides is 2. The van der Waals surface area contributed by atoms with E-state index in [0.29, 0.717) is 12.6 Å². The van der Waals surface area contributed by atoms with E-state index in [1.807, 2.05) is 17.0 Å². The summed E-state index contributed by atoms with van der Waals surface area (Å²) < 4.78 is 0. The fourth-order valence-corrected chi connectivity index (χ4v) is 3.82. The predicted octanol–water partition coefficient (Wildman–Crippen LogP) is 1.92. The number of carbonyl (C=O) groups is 1. The Morgan fingerprint density at radius 2 is 1.92 bits per heavy atom. The molecular weight excluding hydrogens is 300 g/mol. The molecule has 0 aliphatic carbocycles. The molecule has 1 atom stereocenters. The number of piperidine rings is 1. The van der Waals surface area contributed by atoms with Gasteiger partial charge in [-0.25, -0.2) is 4.79 Å². The van der Waals surface area contributed by atoms with E-state index in [9.17, 15) is 4.79 Å². The van der Waals surface area contributed by atoms with Crippen LogP contribution in [0.25, 0.3) is 0 Å². The molecular formula is C19H30N4O. The first-order valence-electron chi connectivity index (χ1n) is 9.13.